The topological polar surface area (TPSA) is 49.7 Å². The Morgan fingerprint density at radius 3 is 2.47 bits per heavy atom. The third-order valence-electron chi connectivity index (χ3n) is 2.82. The van der Waals surface area contributed by atoms with Crippen LogP contribution < -0.4 is 0 Å². The molecule has 2 aromatic carbocycles. The zero-order chi connectivity index (χ0) is 12.3. The van der Waals surface area contributed by atoms with Crippen LogP contribution >= 0.6 is 0 Å². The Labute approximate surface area is 106 Å². The molecular weight excluding hydrogens is 231 g/mol. The van der Waals surface area contributed by atoms with Crippen LogP contribution in [0, 0.1) is 0 Å². The summed E-state index contributed by atoms with van der Waals surface area (Å²) in [6.45, 7) is 0. The number of benzene rings is 2. The highest BCUT2D eigenvalue weighted by Gasteiger charge is 2.16. The predicted octanol–water partition coefficient (Wildman–Crippen LogP) is 3.25. The summed E-state index contributed by atoms with van der Waals surface area (Å²) >= 11 is 0.198. The number of fused-ring (bicyclic) bond motifs is 1. The van der Waals surface area contributed by atoms with Crippen LogP contribution in [0.15, 0.2) is 36.4 Å². The summed E-state index contributed by atoms with van der Waals surface area (Å²) in [7, 11) is 0. The molecule has 1 unspecified atom stereocenters. The van der Waals surface area contributed by atoms with Gasteiger partial charge in [-0.05, 0) is 22.9 Å². The van der Waals surface area contributed by atoms with Gasteiger partial charge >= 0.3 is 0 Å². The molecule has 0 spiro atoms. The van der Waals surface area contributed by atoms with Crippen LogP contribution in [0.2, 0.25) is 11.1 Å². The summed E-state index contributed by atoms with van der Waals surface area (Å²) in [6.07, 6.45) is -0.431. The van der Waals surface area contributed by atoms with E-state index < -0.39 is 6.10 Å². The van der Waals surface area contributed by atoms with Gasteiger partial charge in [0.05, 0.1) is 0 Å². The maximum absolute atomic E-state index is 9.95. The molecule has 4 heteroatoms. The van der Waals surface area contributed by atoms with Gasteiger partial charge in [0.25, 0.3) is 0 Å². The van der Waals surface area contributed by atoms with Crippen molar-refractivity contribution in [2.24, 2.45) is 0 Å². The van der Waals surface area contributed by atoms with E-state index in [1.165, 1.54) is 0 Å². The summed E-state index contributed by atoms with van der Waals surface area (Å²) in [5.74, 6) is 2.26. The van der Waals surface area contributed by atoms with Crippen molar-refractivity contribution in [3.63, 3.8) is 0 Å². The van der Waals surface area contributed by atoms with E-state index >= 15 is 0 Å². The van der Waals surface area contributed by atoms with E-state index in [4.69, 9.17) is 5.26 Å². The van der Waals surface area contributed by atoms with E-state index in [1.54, 1.807) is 6.07 Å². The largest absolute Gasteiger partial charge is 0.508 e. The second-order valence-electron chi connectivity index (χ2n) is 4.00. The number of rotatable bonds is 4. The number of phenolic OH excluding ortho intramolecular Hbond substituents is 1. The fraction of sp³-hybridized carbons (Fsp3) is 0.231. The van der Waals surface area contributed by atoms with Crippen molar-refractivity contribution < 1.29 is 15.3 Å². The SMILES string of the molecule is [CH3][Al][CH2]C(OO)c1cc2ccccc2cc1O. The molecule has 2 aromatic rings. The lowest BCUT2D eigenvalue weighted by Gasteiger charge is -2.15. The number of aromatic hydroxyl groups is 1. The first-order valence-corrected chi connectivity index (χ1v) is 7.53. The summed E-state index contributed by atoms with van der Waals surface area (Å²) in [5, 5.41) is 21.6. The third-order valence-corrected chi connectivity index (χ3v) is 3.72. The Bertz CT molecular complexity index is 513. The van der Waals surface area contributed by atoms with Gasteiger partial charge in [0, 0.05) is 5.56 Å². The zero-order valence-electron chi connectivity index (χ0n) is 9.63. The minimum atomic E-state index is -0.431. The van der Waals surface area contributed by atoms with E-state index in [1.807, 2.05) is 30.3 Å². The monoisotopic (exact) mass is 245 g/mol. The Kier molecular flexibility index (Phi) is 4.03. The summed E-state index contributed by atoms with van der Waals surface area (Å²) in [6, 6.07) is 11.4. The molecule has 0 aromatic heterocycles. The van der Waals surface area contributed by atoms with Crippen molar-refractivity contribution in [3.05, 3.63) is 42.0 Å². The predicted molar refractivity (Wildman–Crippen MR) is 68.5 cm³/mol. The first-order valence-electron chi connectivity index (χ1n) is 5.56. The Hall–Kier alpha value is -1.05. The van der Waals surface area contributed by atoms with Crippen LogP contribution in [0.25, 0.3) is 10.8 Å². The van der Waals surface area contributed by atoms with Gasteiger partial charge in [-0.2, -0.15) is 0 Å². The molecule has 3 nitrogen and oxygen atoms in total. The maximum Gasteiger partial charge on any atom is 0.200 e. The van der Waals surface area contributed by atoms with Gasteiger partial charge in [0.1, 0.15) is 11.9 Å². The first-order chi connectivity index (χ1) is 8.26. The van der Waals surface area contributed by atoms with Gasteiger partial charge in [-0.25, -0.2) is 4.89 Å². The van der Waals surface area contributed by atoms with Crippen molar-refractivity contribution in [3.8, 4) is 5.75 Å². The zero-order valence-corrected chi connectivity index (χ0v) is 10.8. The molecule has 1 atom stereocenters. The minimum absolute atomic E-state index is 0.176. The number of hydrogen-bond acceptors (Lipinski definition) is 3. The average Bonchev–Trinajstić information content (AvgIpc) is 2.35. The quantitative estimate of drug-likeness (QED) is 0.494. The summed E-state index contributed by atoms with van der Waals surface area (Å²) in [4.78, 5) is 4.47. The molecule has 0 amide bonds. The number of hydrogen-bond donors (Lipinski definition) is 2. The standard InChI is InChI=1S/C12H11O3.CH3.Al/c1-8(15-14)11-6-9-4-2-3-5-10(9)7-12(11)13;;/h2-8,13-14H,1H2;1H3;. The highest BCUT2D eigenvalue weighted by atomic mass is 27.1. The second-order valence-corrected chi connectivity index (χ2v) is 5.28. The Morgan fingerprint density at radius 1 is 1.24 bits per heavy atom. The van der Waals surface area contributed by atoms with Crippen molar-refractivity contribution in [1.29, 1.82) is 0 Å². The second kappa shape index (κ2) is 5.53. The summed E-state index contributed by atoms with van der Waals surface area (Å²) in [5.41, 5.74) is 0.653. The molecule has 0 saturated carbocycles. The normalized spacial score (nSPS) is 12.6. The van der Waals surface area contributed by atoms with Crippen LogP contribution in [0.4, 0.5) is 0 Å². The molecule has 0 fully saturated rings. The molecule has 2 rings (SSSR count). The Morgan fingerprint density at radius 2 is 1.88 bits per heavy atom. The molecule has 0 aliphatic heterocycles. The van der Waals surface area contributed by atoms with Gasteiger partial charge in [-0.15, -0.1) is 5.79 Å². The van der Waals surface area contributed by atoms with Gasteiger partial charge in [0.15, 0.2) is 0 Å². The fourth-order valence-corrected chi connectivity index (χ4v) is 2.71. The highest BCUT2D eigenvalue weighted by Crippen LogP contribution is 2.32. The smallest absolute Gasteiger partial charge is 0.200 e. The maximum atomic E-state index is 9.95. The van der Waals surface area contributed by atoms with Crippen LogP contribution in [0.1, 0.15) is 11.7 Å². The van der Waals surface area contributed by atoms with Crippen LogP contribution in [0.5, 0.6) is 5.75 Å². The molecule has 1 radical (unpaired) electrons. The van der Waals surface area contributed by atoms with Crippen molar-refractivity contribution in [1.82, 2.24) is 0 Å². The highest BCUT2D eigenvalue weighted by molar-refractivity contribution is 6.33. The van der Waals surface area contributed by atoms with Gasteiger partial charge in [-0.1, -0.05) is 29.5 Å². The third kappa shape index (κ3) is 2.62. The van der Waals surface area contributed by atoms with Gasteiger partial charge < -0.3 is 5.11 Å². The number of phenols is 1. The first kappa shape index (κ1) is 12.4. The van der Waals surface area contributed by atoms with Crippen LogP contribution in [-0.2, 0) is 4.89 Å². The van der Waals surface area contributed by atoms with Gasteiger partial charge in [-0.3, -0.25) is 5.26 Å². The van der Waals surface area contributed by atoms with Crippen molar-refractivity contribution in [2.45, 2.75) is 17.2 Å². The average molecular weight is 245 g/mol. The molecule has 0 bridgehead atoms. The molecule has 87 valence electrons. The van der Waals surface area contributed by atoms with E-state index in [9.17, 15) is 5.11 Å². The molecule has 0 saturated heterocycles. The molecule has 0 aliphatic carbocycles. The van der Waals surface area contributed by atoms with E-state index in [0.717, 1.165) is 16.1 Å². The summed E-state index contributed by atoms with van der Waals surface area (Å²) < 4.78 is 0. The van der Waals surface area contributed by atoms with Crippen molar-refractivity contribution in [2.75, 3.05) is 0 Å². The lowest BCUT2D eigenvalue weighted by Crippen LogP contribution is -2.04. The van der Waals surface area contributed by atoms with Crippen LogP contribution in [-0.4, -0.2) is 25.6 Å². The van der Waals surface area contributed by atoms with Crippen molar-refractivity contribution >= 4 is 26.0 Å². The van der Waals surface area contributed by atoms with E-state index in [-0.39, 0.29) is 21.0 Å². The fourth-order valence-electron chi connectivity index (χ4n) is 1.94. The lowest BCUT2D eigenvalue weighted by molar-refractivity contribution is -0.277. The molecule has 0 heterocycles. The Balaban J connectivity index is 2.49. The molecule has 2 N–H and O–H groups in total. The molecule has 0 aliphatic rings. The van der Waals surface area contributed by atoms with E-state index in [0.29, 0.717) is 5.56 Å². The van der Waals surface area contributed by atoms with Gasteiger partial charge in [0.2, 0.25) is 15.2 Å². The lowest BCUT2D eigenvalue weighted by atomic mass is 10.0. The van der Waals surface area contributed by atoms with Crippen LogP contribution in [0.3, 0.4) is 0 Å². The molecule has 17 heavy (non-hydrogen) atoms. The molecular formula is C13H14AlO3. The minimum Gasteiger partial charge on any atom is -0.508 e. The van der Waals surface area contributed by atoms with E-state index in [2.05, 4.69) is 10.7 Å².